The molecule has 0 bridgehead atoms. The minimum absolute atomic E-state index is 0.216. The van der Waals surface area contributed by atoms with Crippen molar-refractivity contribution in [2.45, 2.75) is 19.8 Å². The molecule has 0 saturated heterocycles. The largest absolute Gasteiger partial charge is 0.308 e. The van der Waals surface area contributed by atoms with Crippen molar-refractivity contribution in [3.8, 4) is 11.3 Å². The molecular weight excluding hydrogens is 434 g/mol. The van der Waals surface area contributed by atoms with Crippen LogP contribution in [-0.2, 0) is 4.79 Å². The molecule has 4 rings (SSSR count). The minimum Gasteiger partial charge on any atom is -0.308 e. The van der Waals surface area contributed by atoms with Crippen LogP contribution in [0.15, 0.2) is 78.2 Å². The second-order valence-electron chi connectivity index (χ2n) is 7.66. The Morgan fingerprint density at radius 2 is 1.78 bits per heavy atom. The predicted octanol–water partition coefficient (Wildman–Crippen LogP) is 6.61. The van der Waals surface area contributed by atoms with E-state index in [1.54, 1.807) is 6.08 Å². The van der Waals surface area contributed by atoms with Gasteiger partial charge in [0.2, 0.25) is 5.91 Å². The van der Waals surface area contributed by atoms with Gasteiger partial charge in [-0.2, -0.15) is 0 Å². The molecule has 0 unspecified atom stereocenters. The number of benzene rings is 3. The Balaban J connectivity index is 1.37. The summed E-state index contributed by atoms with van der Waals surface area (Å²) in [6.07, 6.45) is 3.24. The molecular formula is C26H23N3OS2. The molecule has 0 aliphatic carbocycles. The molecule has 1 aromatic heterocycles. The van der Waals surface area contributed by atoms with Gasteiger partial charge in [-0.15, -0.1) is 11.3 Å². The molecule has 0 saturated carbocycles. The van der Waals surface area contributed by atoms with E-state index in [0.717, 1.165) is 22.2 Å². The molecule has 0 aliphatic rings. The van der Waals surface area contributed by atoms with Crippen molar-refractivity contribution >= 4 is 56.6 Å². The van der Waals surface area contributed by atoms with E-state index in [1.165, 1.54) is 28.4 Å². The Morgan fingerprint density at radius 3 is 2.56 bits per heavy atom. The average Bonchev–Trinajstić information content (AvgIpc) is 3.25. The third-order valence-electron chi connectivity index (χ3n) is 5.06. The van der Waals surface area contributed by atoms with E-state index < -0.39 is 0 Å². The van der Waals surface area contributed by atoms with Crippen LogP contribution in [0, 0.1) is 0 Å². The van der Waals surface area contributed by atoms with E-state index >= 15 is 0 Å². The number of hydrogen-bond acceptors (Lipinski definition) is 4. The number of anilines is 1. The fraction of sp³-hybridized carbons (Fsp3) is 0.115. The summed E-state index contributed by atoms with van der Waals surface area (Å²) in [4.78, 5) is 16.9. The predicted molar refractivity (Wildman–Crippen MR) is 139 cm³/mol. The number of nitrogens with zero attached hydrogens (tertiary/aromatic N) is 1. The van der Waals surface area contributed by atoms with Crippen molar-refractivity contribution in [2.75, 3.05) is 5.32 Å². The lowest BCUT2D eigenvalue weighted by atomic mass is 10.0. The SMILES string of the molecule is CC(C)c1ccc(/C=C/C(=O)NC(=S)Nc2nc(-c3cccc4ccccc34)cs2)cc1. The summed E-state index contributed by atoms with van der Waals surface area (Å²) in [5.74, 6) is 0.188. The molecule has 4 nitrogen and oxygen atoms in total. The maximum absolute atomic E-state index is 12.2. The van der Waals surface area contributed by atoms with Gasteiger partial charge in [0.25, 0.3) is 0 Å². The van der Waals surface area contributed by atoms with Gasteiger partial charge in [-0.3, -0.25) is 10.1 Å². The van der Waals surface area contributed by atoms with E-state index in [0.29, 0.717) is 11.0 Å². The Kier molecular flexibility index (Phi) is 6.73. The summed E-state index contributed by atoms with van der Waals surface area (Å²) in [6.45, 7) is 4.30. The topological polar surface area (TPSA) is 54.0 Å². The van der Waals surface area contributed by atoms with Crippen LogP contribution in [-0.4, -0.2) is 16.0 Å². The number of fused-ring (bicyclic) bond motifs is 1. The molecule has 2 N–H and O–H groups in total. The number of thiazole rings is 1. The summed E-state index contributed by atoms with van der Waals surface area (Å²) < 4.78 is 0. The summed E-state index contributed by atoms with van der Waals surface area (Å²) in [6, 6.07) is 22.5. The third-order valence-corrected chi connectivity index (χ3v) is 6.02. The standard InChI is InChI=1S/C26H23N3OS2/c1-17(2)19-13-10-18(11-14-19)12-15-24(30)28-25(31)29-26-27-23(16-32-26)22-9-5-7-20-6-3-4-8-21(20)22/h3-17H,1-2H3,(H2,27,28,29,30,31)/b15-12+. The highest BCUT2D eigenvalue weighted by Gasteiger charge is 2.10. The molecule has 160 valence electrons. The number of rotatable bonds is 5. The number of carbonyl (C=O) groups is 1. The van der Waals surface area contributed by atoms with Crippen LogP contribution >= 0.6 is 23.6 Å². The van der Waals surface area contributed by atoms with Crippen LogP contribution in [0.25, 0.3) is 28.1 Å². The lowest BCUT2D eigenvalue weighted by Crippen LogP contribution is -2.32. The van der Waals surface area contributed by atoms with Gasteiger partial charge in [0.05, 0.1) is 5.69 Å². The van der Waals surface area contributed by atoms with Crippen molar-refractivity contribution in [1.82, 2.24) is 10.3 Å². The normalized spacial score (nSPS) is 11.2. The van der Waals surface area contributed by atoms with Crippen molar-refractivity contribution in [3.63, 3.8) is 0 Å². The van der Waals surface area contributed by atoms with E-state index in [2.05, 4.69) is 65.9 Å². The molecule has 0 radical (unpaired) electrons. The first-order valence-electron chi connectivity index (χ1n) is 10.3. The highest BCUT2D eigenvalue weighted by molar-refractivity contribution is 7.80. The van der Waals surface area contributed by atoms with Crippen LogP contribution in [0.5, 0.6) is 0 Å². The Labute approximate surface area is 197 Å². The second-order valence-corrected chi connectivity index (χ2v) is 8.93. The lowest BCUT2D eigenvalue weighted by Gasteiger charge is -2.06. The van der Waals surface area contributed by atoms with Gasteiger partial charge in [-0.25, -0.2) is 4.98 Å². The second kappa shape index (κ2) is 9.85. The van der Waals surface area contributed by atoms with Gasteiger partial charge in [0.1, 0.15) is 0 Å². The van der Waals surface area contributed by atoms with E-state index in [1.807, 2.05) is 35.7 Å². The van der Waals surface area contributed by atoms with E-state index in [-0.39, 0.29) is 11.0 Å². The number of hydrogen-bond donors (Lipinski definition) is 2. The maximum atomic E-state index is 12.2. The first kappa shape index (κ1) is 21.9. The number of nitrogens with one attached hydrogen (secondary N) is 2. The highest BCUT2D eigenvalue weighted by Crippen LogP contribution is 2.30. The summed E-state index contributed by atoms with van der Waals surface area (Å²) in [7, 11) is 0. The van der Waals surface area contributed by atoms with Crippen LogP contribution < -0.4 is 10.6 Å². The first-order chi connectivity index (χ1) is 15.5. The summed E-state index contributed by atoms with van der Waals surface area (Å²) in [5, 5.41) is 10.8. The van der Waals surface area contributed by atoms with Gasteiger partial charge >= 0.3 is 0 Å². The maximum Gasteiger partial charge on any atom is 0.250 e. The number of aromatic nitrogens is 1. The molecule has 1 amide bonds. The zero-order chi connectivity index (χ0) is 22.5. The van der Waals surface area contributed by atoms with E-state index in [4.69, 9.17) is 12.2 Å². The molecule has 0 fully saturated rings. The first-order valence-corrected chi connectivity index (χ1v) is 11.6. The van der Waals surface area contributed by atoms with Crippen molar-refractivity contribution in [1.29, 1.82) is 0 Å². The summed E-state index contributed by atoms with van der Waals surface area (Å²) >= 11 is 6.72. The summed E-state index contributed by atoms with van der Waals surface area (Å²) in [5.41, 5.74) is 4.16. The lowest BCUT2D eigenvalue weighted by molar-refractivity contribution is -0.115. The number of thiocarbonyl (C=S) groups is 1. The van der Waals surface area contributed by atoms with Crippen molar-refractivity contribution < 1.29 is 4.79 Å². The van der Waals surface area contributed by atoms with Crippen LogP contribution in [0.3, 0.4) is 0 Å². The Bertz CT molecular complexity index is 1280. The quantitative estimate of drug-likeness (QED) is 0.261. The van der Waals surface area contributed by atoms with Gasteiger partial charge in [0, 0.05) is 17.0 Å². The van der Waals surface area contributed by atoms with Crippen LogP contribution in [0.2, 0.25) is 0 Å². The monoisotopic (exact) mass is 457 g/mol. The molecule has 0 atom stereocenters. The molecule has 0 spiro atoms. The minimum atomic E-state index is -0.290. The van der Waals surface area contributed by atoms with Crippen LogP contribution in [0.4, 0.5) is 5.13 Å². The zero-order valence-corrected chi connectivity index (χ0v) is 19.5. The zero-order valence-electron chi connectivity index (χ0n) is 17.8. The van der Waals surface area contributed by atoms with Crippen molar-refractivity contribution in [2.24, 2.45) is 0 Å². The Morgan fingerprint density at radius 1 is 1.03 bits per heavy atom. The Hall–Kier alpha value is -3.35. The van der Waals surface area contributed by atoms with Crippen molar-refractivity contribution in [3.05, 3.63) is 89.3 Å². The fourth-order valence-electron chi connectivity index (χ4n) is 3.35. The van der Waals surface area contributed by atoms with Gasteiger partial charge in [-0.1, -0.05) is 80.6 Å². The number of carbonyl (C=O) groups excluding carboxylic acids is 1. The van der Waals surface area contributed by atoms with Crippen LogP contribution in [0.1, 0.15) is 30.9 Å². The molecule has 6 heteroatoms. The van der Waals surface area contributed by atoms with Gasteiger partial charge < -0.3 is 5.32 Å². The molecule has 0 aliphatic heterocycles. The van der Waals surface area contributed by atoms with Gasteiger partial charge in [-0.05, 0) is 46.1 Å². The fourth-order valence-corrected chi connectivity index (χ4v) is 4.33. The number of amides is 1. The van der Waals surface area contributed by atoms with E-state index in [9.17, 15) is 4.79 Å². The third kappa shape index (κ3) is 5.28. The average molecular weight is 458 g/mol. The smallest absolute Gasteiger partial charge is 0.250 e. The molecule has 32 heavy (non-hydrogen) atoms. The van der Waals surface area contributed by atoms with Gasteiger partial charge in [0.15, 0.2) is 10.2 Å². The molecule has 4 aromatic rings. The molecule has 3 aromatic carbocycles. The highest BCUT2D eigenvalue weighted by atomic mass is 32.1. The molecule has 1 heterocycles.